The molecule has 2 nitrogen and oxygen atoms in total. The molecule has 2 aliphatic carbocycles. The fourth-order valence-electron chi connectivity index (χ4n) is 3.29. The maximum atomic E-state index is 11.7. The van der Waals surface area contributed by atoms with Crippen LogP contribution in [-0.2, 0) is 9.53 Å². The van der Waals surface area contributed by atoms with Crippen LogP contribution >= 0.6 is 0 Å². The molecule has 0 bridgehead atoms. The molecule has 0 aromatic heterocycles. The Morgan fingerprint density at radius 1 is 0.840 bits per heavy atom. The zero-order valence-electron chi connectivity index (χ0n) is 18.0. The van der Waals surface area contributed by atoms with Gasteiger partial charge < -0.3 is 4.74 Å². The summed E-state index contributed by atoms with van der Waals surface area (Å²) < 4.78 is 5.53. The highest BCUT2D eigenvalue weighted by Gasteiger charge is 2.22. The van der Waals surface area contributed by atoms with Crippen molar-refractivity contribution in [1.82, 2.24) is 0 Å². The lowest BCUT2D eigenvalue weighted by atomic mass is 9.82. The summed E-state index contributed by atoms with van der Waals surface area (Å²) in [5.74, 6) is 2.10. The summed E-state index contributed by atoms with van der Waals surface area (Å²) in [6.45, 7) is 15.2. The molecule has 2 heteroatoms. The third-order valence-corrected chi connectivity index (χ3v) is 5.02. The SMILES string of the molecule is CC(C)(C)CC(=O)CC1CCCCC1.CC(C)(C)CCOCC1CC1. The highest BCUT2D eigenvalue weighted by molar-refractivity contribution is 5.79. The Hall–Kier alpha value is -0.370. The van der Waals surface area contributed by atoms with E-state index in [9.17, 15) is 4.79 Å². The van der Waals surface area contributed by atoms with Crippen LogP contribution in [0.3, 0.4) is 0 Å². The van der Waals surface area contributed by atoms with Crippen LogP contribution in [0, 0.1) is 22.7 Å². The van der Waals surface area contributed by atoms with Crippen LogP contribution in [0.15, 0.2) is 0 Å². The van der Waals surface area contributed by atoms with Crippen molar-refractivity contribution < 1.29 is 9.53 Å². The lowest BCUT2D eigenvalue weighted by Crippen LogP contribution is -2.17. The van der Waals surface area contributed by atoms with Crippen LogP contribution in [0.2, 0.25) is 0 Å². The van der Waals surface area contributed by atoms with E-state index in [1.165, 1.54) is 51.4 Å². The molecular formula is C23H44O2. The van der Waals surface area contributed by atoms with Crippen molar-refractivity contribution in [2.24, 2.45) is 22.7 Å². The molecule has 2 aliphatic rings. The summed E-state index contributed by atoms with van der Waals surface area (Å²) >= 11 is 0. The van der Waals surface area contributed by atoms with E-state index < -0.39 is 0 Å². The molecule has 148 valence electrons. The van der Waals surface area contributed by atoms with Crippen molar-refractivity contribution in [3.63, 3.8) is 0 Å². The fourth-order valence-corrected chi connectivity index (χ4v) is 3.29. The Labute approximate surface area is 157 Å². The second-order valence-corrected chi connectivity index (χ2v) is 10.8. The average molecular weight is 353 g/mol. The van der Waals surface area contributed by atoms with E-state index in [1.54, 1.807) is 0 Å². The zero-order chi connectivity index (χ0) is 18.9. The van der Waals surface area contributed by atoms with Crippen molar-refractivity contribution in [2.75, 3.05) is 13.2 Å². The second kappa shape index (κ2) is 10.7. The van der Waals surface area contributed by atoms with Crippen molar-refractivity contribution in [3.05, 3.63) is 0 Å². The first kappa shape index (κ1) is 22.7. The first-order valence-electron chi connectivity index (χ1n) is 10.6. The number of ether oxygens (including phenoxy) is 1. The molecule has 0 atom stereocenters. The average Bonchev–Trinajstić information content (AvgIpc) is 3.26. The van der Waals surface area contributed by atoms with Crippen LogP contribution in [0.25, 0.3) is 0 Å². The van der Waals surface area contributed by atoms with Gasteiger partial charge in [-0.3, -0.25) is 4.79 Å². The van der Waals surface area contributed by atoms with Crippen LogP contribution in [0.5, 0.6) is 0 Å². The standard InChI is InChI=1S/C13H24O.C10H20O/c1-13(2,3)10-12(14)9-11-7-5-4-6-8-11;1-10(2,3)6-7-11-8-9-4-5-9/h11H,4-10H2,1-3H3;9H,4-8H2,1-3H3. The van der Waals surface area contributed by atoms with E-state index in [4.69, 9.17) is 4.74 Å². The highest BCUT2D eigenvalue weighted by atomic mass is 16.5. The van der Waals surface area contributed by atoms with E-state index in [1.807, 2.05) is 0 Å². The quantitative estimate of drug-likeness (QED) is 0.470. The monoisotopic (exact) mass is 352 g/mol. The summed E-state index contributed by atoms with van der Waals surface area (Å²) in [6.07, 6.45) is 12.2. The Bertz CT molecular complexity index is 363. The van der Waals surface area contributed by atoms with Gasteiger partial charge in [-0.1, -0.05) is 73.6 Å². The maximum Gasteiger partial charge on any atom is 0.133 e. The van der Waals surface area contributed by atoms with Crippen molar-refractivity contribution in [1.29, 1.82) is 0 Å². The number of hydrogen-bond acceptors (Lipinski definition) is 2. The third kappa shape index (κ3) is 14.5. The van der Waals surface area contributed by atoms with E-state index in [0.717, 1.165) is 32.0 Å². The normalized spacial score (nSPS) is 19.3. The molecule has 25 heavy (non-hydrogen) atoms. The van der Waals surface area contributed by atoms with Crippen LogP contribution < -0.4 is 0 Å². The minimum atomic E-state index is 0.172. The number of carbonyl (C=O) groups excluding carboxylic acids is 1. The van der Waals surface area contributed by atoms with Gasteiger partial charge in [0.1, 0.15) is 5.78 Å². The topological polar surface area (TPSA) is 26.3 Å². The van der Waals surface area contributed by atoms with Gasteiger partial charge in [-0.2, -0.15) is 0 Å². The zero-order valence-corrected chi connectivity index (χ0v) is 18.0. The van der Waals surface area contributed by atoms with Crippen LogP contribution in [-0.4, -0.2) is 19.0 Å². The van der Waals surface area contributed by atoms with Crippen LogP contribution in [0.4, 0.5) is 0 Å². The Morgan fingerprint density at radius 3 is 1.92 bits per heavy atom. The molecule has 0 aromatic rings. The predicted octanol–water partition coefficient (Wildman–Crippen LogP) is 6.81. The summed E-state index contributed by atoms with van der Waals surface area (Å²) in [5, 5.41) is 0. The maximum absolute atomic E-state index is 11.7. The molecule has 2 fully saturated rings. The van der Waals surface area contributed by atoms with Gasteiger partial charge in [0, 0.05) is 26.1 Å². The summed E-state index contributed by atoms with van der Waals surface area (Å²) in [7, 11) is 0. The molecular weight excluding hydrogens is 308 g/mol. The van der Waals surface area contributed by atoms with E-state index in [0.29, 0.717) is 17.1 Å². The van der Waals surface area contributed by atoms with Crippen LogP contribution in [0.1, 0.15) is 106 Å². The van der Waals surface area contributed by atoms with E-state index in [-0.39, 0.29) is 5.41 Å². The summed E-state index contributed by atoms with van der Waals surface area (Å²) in [6, 6.07) is 0. The second-order valence-electron chi connectivity index (χ2n) is 10.8. The first-order valence-corrected chi connectivity index (χ1v) is 10.6. The van der Waals surface area contributed by atoms with Gasteiger partial charge >= 0.3 is 0 Å². The number of rotatable bonds is 7. The van der Waals surface area contributed by atoms with Gasteiger partial charge in [0.15, 0.2) is 0 Å². The number of carbonyl (C=O) groups is 1. The van der Waals surface area contributed by atoms with Gasteiger partial charge in [-0.25, -0.2) is 0 Å². The molecule has 0 spiro atoms. The molecule has 2 rings (SSSR count). The van der Waals surface area contributed by atoms with E-state index in [2.05, 4.69) is 41.5 Å². The van der Waals surface area contributed by atoms with Crippen molar-refractivity contribution in [3.8, 4) is 0 Å². The number of ketones is 1. The largest absolute Gasteiger partial charge is 0.381 e. The highest BCUT2D eigenvalue weighted by Crippen LogP contribution is 2.30. The molecule has 2 saturated carbocycles. The van der Waals surface area contributed by atoms with Crippen molar-refractivity contribution >= 4 is 5.78 Å². The van der Waals surface area contributed by atoms with Gasteiger partial charge in [-0.15, -0.1) is 0 Å². The minimum Gasteiger partial charge on any atom is -0.381 e. The van der Waals surface area contributed by atoms with Gasteiger partial charge in [0.25, 0.3) is 0 Å². The number of hydrogen-bond donors (Lipinski definition) is 0. The molecule has 0 radical (unpaired) electrons. The molecule has 0 aliphatic heterocycles. The van der Waals surface area contributed by atoms with E-state index >= 15 is 0 Å². The Balaban J connectivity index is 0.000000257. The molecule has 0 N–H and O–H groups in total. The first-order chi connectivity index (χ1) is 11.6. The van der Waals surface area contributed by atoms with Gasteiger partial charge in [-0.05, 0) is 41.9 Å². The Morgan fingerprint density at radius 2 is 1.44 bits per heavy atom. The third-order valence-electron chi connectivity index (χ3n) is 5.02. The fraction of sp³-hybridized carbons (Fsp3) is 0.957. The Kier molecular flexibility index (Phi) is 9.70. The summed E-state index contributed by atoms with van der Waals surface area (Å²) in [5.41, 5.74) is 0.606. The smallest absolute Gasteiger partial charge is 0.133 e. The lowest BCUT2D eigenvalue weighted by molar-refractivity contribution is -0.121. The molecule has 0 heterocycles. The summed E-state index contributed by atoms with van der Waals surface area (Å²) in [4.78, 5) is 11.7. The molecule has 0 saturated heterocycles. The van der Waals surface area contributed by atoms with Gasteiger partial charge in [0.05, 0.1) is 0 Å². The van der Waals surface area contributed by atoms with Crippen molar-refractivity contribution in [2.45, 2.75) is 106 Å². The predicted molar refractivity (Wildman–Crippen MR) is 108 cm³/mol. The minimum absolute atomic E-state index is 0.172. The van der Waals surface area contributed by atoms with Gasteiger partial charge in [0.2, 0.25) is 0 Å². The lowest BCUT2D eigenvalue weighted by Gasteiger charge is -2.23. The number of Topliss-reactive ketones (excluding diaryl/α,β-unsaturated/α-hetero) is 1. The molecule has 0 aromatic carbocycles. The molecule has 0 amide bonds. The molecule has 0 unspecified atom stereocenters.